The molecule has 2 aromatic carbocycles. The van der Waals surface area contributed by atoms with Crippen LogP contribution in [0.5, 0.6) is 0 Å². The third-order valence-corrected chi connectivity index (χ3v) is 4.09. The number of hydrogen-bond donors (Lipinski definition) is 2. The topological polar surface area (TPSA) is 66.9 Å². The summed E-state index contributed by atoms with van der Waals surface area (Å²) >= 11 is 0. The lowest BCUT2D eigenvalue weighted by atomic mass is 10.0. The Bertz CT molecular complexity index is 901. The average Bonchev–Trinajstić information content (AvgIpc) is 3.39. The first-order chi connectivity index (χ1) is 11.7. The molecule has 0 atom stereocenters. The van der Waals surface area contributed by atoms with Crippen molar-refractivity contribution in [3.05, 3.63) is 48.8 Å². The van der Waals surface area contributed by atoms with Gasteiger partial charge in [-0.3, -0.25) is 4.79 Å². The van der Waals surface area contributed by atoms with Gasteiger partial charge in [0.1, 0.15) is 12.1 Å². The Labute approximate surface area is 140 Å². The number of anilines is 2. The van der Waals surface area contributed by atoms with Crippen LogP contribution in [0.15, 0.2) is 48.8 Å². The first kappa shape index (κ1) is 14.6. The zero-order valence-electron chi connectivity index (χ0n) is 13.4. The van der Waals surface area contributed by atoms with Gasteiger partial charge in [0.25, 0.3) is 0 Å². The number of fused-ring (bicyclic) bond motifs is 1. The maximum absolute atomic E-state index is 11.1. The van der Waals surface area contributed by atoms with Crippen molar-refractivity contribution in [2.45, 2.75) is 25.8 Å². The smallest absolute Gasteiger partial charge is 0.221 e. The molecule has 5 heteroatoms. The van der Waals surface area contributed by atoms with Crippen LogP contribution < -0.4 is 10.6 Å². The Morgan fingerprint density at radius 1 is 1.04 bits per heavy atom. The summed E-state index contributed by atoms with van der Waals surface area (Å²) in [6.07, 6.45) is 4.01. The van der Waals surface area contributed by atoms with Crippen LogP contribution in [-0.4, -0.2) is 21.9 Å². The summed E-state index contributed by atoms with van der Waals surface area (Å²) in [6, 6.07) is 14.6. The first-order valence-electron chi connectivity index (χ1n) is 8.08. The van der Waals surface area contributed by atoms with Gasteiger partial charge in [-0.1, -0.05) is 18.2 Å². The predicted molar refractivity (Wildman–Crippen MR) is 95.9 cm³/mol. The minimum Gasteiger partial charge on any atom is -0.367 e. The molecule has 4 rings (SSSR count). The number of nitrogens with zero attached hydrogens (tertiary/aromatic N) is 2. The van der Waals surface area contributed by atoms with Gasteiger partial charge in [0.2, 0.25) is 5.91 Å². The average molecular weight is 318 g/mol. The van der Waals surface area contributed by atoms with E-state index in [1.54, 1.807) is 6.33 Å². The SMILES string of the molecule is CC(=O)Nc1ccc(-c2ccc3ncnc(NC4CC4)c3c2)cc1. The van der Waals surface area contributed by atoms with E-state index >= 15 is 0 Å². The second kappa shape index (κ2) is 5.92. The number of carbonyl (C=O) groups excluding carboxylic acids is 1. The van der Waals surface area contributed by atoms with Crippen molar-refractivity contribution in [1.29, 1.82) is 0 Å². The van der Waals surface area contributed by atoms with Crippen molar-refractivity contribution in [2.75, 3.05) is 10.6 Å². The quantitative estimate of drug-likeness (QED) is 0.767. The van der Waals surface area contributed by atoms with E-state index in [1.807, 2.05) is 30.3 Å². The number of amides is 1. The van der Waals surface area contributed by atoms with E-state index in [1.165, 1.54) is 19.8 Å². The van der Waals surface area contributed by atoms with Crippen LogP contribution in [0.1, 0.15) is 19.8 Å². The van der Waals surface area contributed by atoms with Crippen LogP contribution in [0.4, 0.5) is 11.5 Å². The number of nitrogens with one attached hydrogen (secondary N) is 2. The predicted octanol–water partition coefficient (Wildman–Crippen LogP) is 3.83. The van der Waals surface area contributed by atoms with Crippen LogP contribution in [0, 0.1) is 0 Å². The lowest BCUT2D eigenvalue weighted by molar-refractivity contribution is -0.114. The zero-order valence-corrected chi connectivity index (χ0v) is 13.4. The third-order valence-electron chi connectivity index (χ3n) is 4.09. The normalized spacial score (nSPS) is 13.7. The Hall–Kier alpha value is -2.95. The molecule has 1 aliphatic rings. The lowest BCUT2D eigenvalue weighted by Gasteiger charge is -2.09. The van der Waals surface area contributed by atoms with Crippen LogP contribution in [-0.2, 0) is 4.79 Å². The Balaban J connectivity index is 1.69. The molecular formula is C19H18N4O. The minimum atomic E-state index is -0.0682. The molecule has 0 saturated heterocycles. The minimum absolute atomic E-state index is 0.0682. The summed E-state index contributed by atoms with van der Waals surface area (Å²) in [7, 11) is 0. The molecule has 0 spiro atoms. The van der Waals surface area contributed by atoms with Crippen molar-refractivity contribution >= 4 is 28.3 Å². The number of rotatable bonds is 4. The third kappa shape index (κ3) is 3.06. The molecule has 3 aromatic rings. The van der Waals surface area contributed by atoms with Crippen LogP contribution in [0.2, 0.25) is 0 Å². The van der Waals surface area contributed by atoms with E-state index in [0.29, 0.717) is 6.04 Å². The van der Waals surface area contributed by atoms with Crippen LogP contribution in [0.3, 0.4) is 0 Å². The van der Waals surface area contributed by atoms with Crippen molar-refractivity contribution in [3.63, 3.8) is 0 Å². The number of carbonyl (C=O) groups is 1. The van der Waals surface area contributed by atoms with E-state index in [2.05, 4.69) is 32.7 Å². The van der Waals surface area contributed by atoms with Gasteiger partial charge in [-0.2, -0.15) is 0 Å². The van der Waals surface area contributed by atoms with Crippen LogP contribution >= 0.6 is 0 Å². The van der Waals surface area contributed by atoms with Gasteiger partial charge in [0.05, 0.1) is 5.52 Å². The van der Waals surface area contributed by atoms with Gasteiger partial charge >= 0.3 is 0 Å². The van der Waals surface area contributed by atoms with E-state index < -0.39 is 0 Å². The number of benzene rings is 2. The molecular weight excluding hydrogens is 300 g/mol. The Kier molecular flexibility index (Phi) is 3.61. The highest BCUT2D eigenvalue weighted by atomic mass is 16.1. The molecule has 2 N–H and O–H groups in total. The summed E-state index contributed by atoms with van der Waals surface area (Å²) in [5, 5.41) is 7.29. The molecule has 1 saturated carbocycles. The van der Waals surface area contributed by atoms with Gasteiger partial charge < -0.3 is 10.6 Å². The highest BCUT2D eigenvalue weighted by Gasteiger charge is 2.22. The van der Waals surface area contributed by atoms with Crippen molar-refractivity contribution in [2.24, 2.45) is 0 Å². The number of hydrogen-bond acceptors (Lipinski definition) is 4. The van der Waals surface area contributed by atoms with Crippen molar-refractivity contribution in [1.82, 2.24) is 9.97 Å². The van der Waals surface area contributed by atoms with E-state index in [4.69, 9.17) is 0 Å². The fourth-order valence-corrected chi connectivity index (χ4v) is 2.72. The summed E-state index contributed by atoms with van der Waals surface area (Å²) in [6.45, 7) is 1.51. The molecule has 120 valence electrons. The van der Waals surface area contributed by atoms with Gasteiger partial charge in [-0.05, 0) is 48.2 Å². The van der Waals surface area contributed by atoms with Crippen molar-refractivity contribution < 1.29 is 4.79 Å². The second-order valence-corrected chi connectivity index (χ2v) is 6.13. The molecule has 0 bridgehead atoms. The highest BCUT2D eigenvalue weighted by Crippen LogP contribution is 2.30. The van der Waals surface area contributed by atoms with E-state index in [-0.39, 0.29) is 5.91 Å². The molecule has 1 amide bonds. The van der Waals surface area contributed by atoms with Crippen LogP contribution in [0.25, 0.3) is 22.0 Å². The molecule has 0 aliphatic heterocycles. The highest BCUT2D eigenvalue weighted by molar-refractivity contribution is 5.93. The molecule has 0 unspecified atom stereocenters. The summed E-state index contributed by atoms with van der Waals surface area (Å²) in [5.41, 5.74) is 3.93. The Morgan fingerprint density at radius 3 is 2.50 bits per heavy atom. The molecule has 1 aliphatic carbocycles. The standard InChI is InChI=1S/C19H18N4O/c1-12(24)22-15-5-2-13(3-6-15)14-4-9-18-17(10-14)19(21-11-20-18)23-16-7-8-16/h2-6,9-11,16H,7-8H2,1H3,(H,22,24)(H,20,21,23). The van der Waals surface area contributed by atoms with Gasteiger partial charge in [0.15, 0.2) is 0 Å². The van der Waals surface area contributed by atoms with E-state index in [0.717, 1.165) is 33.5 Å². The lowest BCUT2D eigenvalue weighted by Crippen LogP contribution is -2.05. The number of aromatic nitrogens is 2. The van der Waals surface area contributed by atoms with Gasteiger partial charge in [0, 0.05) is 24.0 Å². The zero-order chi connectivity index (χ0) is 16.5. The molecule has 1 heterocycles. The largest absolute Gasteiger partial charge is 0.367 e. The molecule has 1 aromatic heterocycles. The molecule has 24 heavy (non-hydrogen) atoms. The summed E-state index contributed by atoms with van der Waals surface area (Å²) in [4.78, 5) is 19.9. The fourth-order valence-electron chi connectivity index (χ4n) is 2.72. The van der Waals surface area contributed by atoms with Gasteiger partial charge in [-0.25, -0.2) is 9.97 Å². The molecule has 1 fully saturated rings. The second-order valence-electron chi connectivity index (χ2n) is 6.13. The first-order valence-corrected chi connectivity index (χ1v) is 8.08. The fraction of sp³-hybridized carbons (Fsp3) is 0.211. The van der Waals surface area contributed by atoms with Gasteiger partial charge in [-0.15, -0.1) is 0 Å². The van der Waals surface area contributed by atoms with E-state index in [9.17, 15) is 4.79 Å². The summed E-state index contributed by atoms with van der Waals surface area (Å²) < 4.78 is 0. The molecule has 5 nitrogen and oxygen atoms in total. The Morgan fingerprint density at radius 2 is 1.79 bits per heavy atom. The molecule has 0 radical (unpaired) electrons. The maximum atomic E-state index is 11.1. The summed E-state index contributed by atoms with van der Waals surface area (Å²) in [5.74, 6) is 0.834. The monoisotopic (exact) mass is 318 g/mol. The maximum Gasteiger partial charge on any atom is 0.221 e. The van der Waals surface area contributed by atoms with Crippen molar-refractivity contribution in [3.8, 4) is 11.1 Å².